The zero-order valence-electron chi connectivity index (χ0n) is 15.9. The first-order chi connectivity index (χ1) is 14.3. The molecule has 0 bridgehead atoms. The minimum Gasteiger partial charge on any atom is -0.423 e. The van der Waals surface area contributed by atoms with Crippen molar-refractivity contribution in [2.75, 3.05) is 31.2 Å². The average molecular weight is 450 g/mol. The molecule has 1 fully saturated rings. The minimum atomic E-state index is -4.04. The number of hydrazine groups is 1. The molecule has 0 unspecified atom stereocenters. The monoisotopic (exact) mass is 450 g/mol. The molecular formula is C18H18N4O6S2. The van der Waals surface area contributed by atoms with Crippen molar-refractivity contribution >= 4 is 43.4 Å². The van der Waals surface area contributed by atoms with Gasteiger partial charge in [-0.25, -0.2) is 18.2 Å². The van der Waals surface area contributed by atoms with E-state index in [1.54, 1.807) is 6.92 Å². The number of morpholine rings is 1. The van der Waals surface area contributed by atoms with Gasteiger partial charge in [0.15, 0.2) is 5.13 Å². The lowest BCUT2D eigenvalue weighted by Gasteiger charge is -2.25. The average Bonchev–Trinajstić information content (AvgIpc) is 3.14. The SMILES string of the molecule is Cc1nc(N2CCOCC2)sc1C(=O)NNS(=O)(=O)c1ccc2oc(=O)ccc2c1. The van der Waals surface area contributed by atoms with E-state index < -0.39 is 21.6 Å². The van der Waals surface area contributed by atoms with Crippen molar-refractivity contribution in [2.45, 2.75) is 11.8 Å². The summed E-state index contributed by atoms with van der Waals surface area (Å²) in [6.45, 7) is 4.25. The van der Waals surface area contributed by atoms with E-state index in [0.717, 1.165) is 0 Å². The highest BCUT2D eigenvalue weighted by Gasteiger charge is 2.22. The Morgan fingerprint density at radius 3 is 2.73 bits per heavy atom. The molecule has 1 aromatic carbocycles. The summed E-state index contributed by atoms with van der Waals surface area (Å²) in [5.74, 6) is -0.597. The summed E-state index contributed by atoms with van der Waals surface area (Å²) in [6, 6.07) is 6.68. The smallest absolute Gasteiger partial charge is 0.336 e. The third-order valence-electron chi connectivity index (χ3n) is 4.47. The Labute approximate surface area is 175 Å². The maximum atomic E-state index is 12.6. The Bertz CT molecular complexity index is 1260. The van der Waals surface area contributed by atoms with Crippen molar-refractivity contribution in [3.8, 4) is 0 Å². The molecule has 4 rings (SSSR count). The van der Waals surface area contributed by atoms with Crippen molar-refractivity contribution < 1.29 is 22.4 Å². The van der Waals surface area contributed by atoms with Crippen molar-refractivity contribution in [1.82, 2.24) is 15.2 Å². The van der Waals surface area contributed by atoms with Crippen LogP contribution < -0.4 is 20.8 Å². The molecule has 3 heterocycles. The number of nitrogens with one attached hydrogen (secondary N) is 2. The topological polar surface area (TPSA) is 131 Å². The molecule has 0 aliphatic carbocycles. The van der Waals surface area contributed by atoms with Gasteiger partial charge in [0.2, 0.25) is 0 Å². The van der Waals surface area contributed by atoms with Gasteiger partial charge in [-0.05, 0) is 31.2 Å². The van der Waals surface area contributed by atoms with Gasteiger partial charge in [-0.15, -0.1) is 4.83 Å². The van der Waals surface area contributed by atoms with Gasteiger partial charge in [-0.1, -0.05) is 11.3 Å². The van der Waals surface area contributed by atoms with E-state index in [9.17, 15) is 18.0 Å². The number of aryl methyl sites for hydroxylation is 1. The van der Waals surface area contributed by atoms with Crippen LogP contribution in [0, 0.1) is 6.92 Å². The molecule has 0 radical (unpaired) electrons. The Morgan fingerprint density at radius 2 is 1.97 bits per heavy atom. The maximum Gasteiger partial charge on any atom is 0.336 e. The number of anilines is 1. The molecule has 1 aliphatic heterocycles. The number of rotatable bonds is 5. The molecule has 1 amide bonds. The molecule has 0 atom stereocenters. The van der Waals surface area contributed by atoms with E-state index in [0.29, 0.717) is 47.4 Å². The van der Waals surface area contributed by atoms with Crippen LogP contribution in [-0.2, 0) is 14.8 Å². The van der Waals surface area contributed by atoms with Gasteiger partial charge in [-0.3, -0.25) is 10.2 Å². The molecule has 1 saturated heterocycles. The second kappa shape index (κ2) is 8.14. The van der Waals surface area contributed by atoms with Crippen molar-refractivity contribution in [1.29, 1.82) is 0 Å². The summed E-state index contributed by atoms with van der Waals surface area (Å²) in [5, 5.41) is 1.14. The Kier molecular flexibility index (Phi) is 5.56. The molecule has 12 heteroatoms. The molecule has 0 saturated carbocycles. The summed E-state index contributed by atoms with van der Waals surface area (Å²) in [5.41, 5.74) is 2.48. The first-order valence-corrected chi connectivity index (χ1v) is 11.3. The normalized spacial score (nSPS) is 14.8. The largest absolute Gasteiger partial charge is 0.423 e. The van der Waals surface area contributed by atoms with Gasteiger partial charge in [0.25, 0.3) is 15.9 Å². The number of hydrogen-bond donors (Lipinski definition) is 2. The van der Waals surface area contributed by atoms with Crippen LogP contribution in [0.15, 0.2) is 44.4 Å². The van der Waals surface area contributed by atoms with E-state index in [1.807, 2.05) is 4.90 Å². The number of carbonyl (C=O) groups excluding carboxylic acids is 1. The third kappa shape index (κ3) is 4.21. The summed E-state index contributed by atoms with van der Waals surface area (Å²) in [4.78, 5) is 32.5. The number of aromatic nitrogens is 1. The lowest BCUT2D eigenvalue weighted by molar-refractivity contribution is 0.0948. The van der Waals surface area contributed by atoms with Gasteiger partial charge in [-0.2, -0.15) is 0 Å². The fourth-order valence-electron chi connectivity index (χ4n) is 2.93. The lowest BCUT2D eigenvalue weighted by atomic mass is 10.2. The maximum absolute atomic E-state index is 12.6. The van der Waals surface area contributed by atoms with Crippen LogP contribution in [0.25, 0.3) is 11.0 Å². The second-order valence-electron chi connectivity index (χ2n) is 6.52. The molecule has 158 valence electrons. The number of sulfonamides is 1. The number of ether oxygens (including phenoxy) is 1. The standard InChI is InChI=1S/C18H18N4O6S2/c1-11-16(29-18(19-11)22-6-8-27-9-7-22)17(24)20-21-30(25,26)13-3-4-14-12(10-13)2-5-15(23)28-14/h2-5,10,21H,6-9H2,1H3,(H,20,24). The van der Waals surface area contributed by atoms with Crippen molar-refractivity contribution in [2.24, 2.45) is 0 Å². The van der Waals surface area contributed by atoms with Crippen LogP contribution in [0.3, 0.4) is 0 Å². The highest BCUT2D eigenvalue weighted by Crippen LogP contribution is 2.26. The summed E-state index contributed by atoms with van der Waals surface area (Å²) in [6.07, 6.45) is 0. The molecule has 1 aliphatic rings. The Balaban J connectivity index is 1.48. The summed E-state index contributed by atoms with van der Waals surface area (Å²) >= 11 is 1.19. The van der Waals surface area contributed by atoms with E-state index in [1.165, 1.54) is 41.7 Å². The molecule has 2 N–H and O–H groups in total. The zero-order chi connectivity index (χ0) is 21.3. The third-order valence-corrected chi connectivity index (χ3v) is 6.94. The van der Waals surface area contributed by atoms with Crippen molar-refractivity contribution in [3.05, 3.63) is 51.3 Å². The van der Waals surface area contributed by atoms with E-state index >= 15 is 0 Å². The predicted octanol–water partition coefficient (Wildman–Crippen LogP) is 1.02. The highest BCUT2D eigenvalue weighted by molar-refractivity contribution is 7.89. The zero-order valence-corrected chi connectivity index (χ0v) is 17.5. The number of nitrogens with zero attached hydrogens (tertiary/aromatic N) is 2. The van der Waals surface area contributed by atoms with Crippen LogP contribution in [0.4, 0.5) is 5.13 Å². The van der Waals surface area contributed by atoms with E-state index in [4.69, 9.17) is 9.15 Å². The van der Waals surface area contributed by atoms with E-state index in [2.05, 4.69) is 15.2 Å². The second-order valence-corrected chi connectivity index (χ2v) is 9.18. The first kappa shape index (κ1) is 20.5. The quantitative estimate of drug-likeness (QED) is 0.435. The Morgan fingerprint density at radius 1 is 1.20 bits per heavy atom. The van der Waals surface area contributed by atoms with Gasteiger partial charge < -0.3 is 14.1 Å². The van der Waals surface area contributed by atoms with Crippen LogP contribution >= 0.6 is 11.3 Å². The highest BCUT2D eigenvalue weighted by atomic mass is 32.2. The number of benzene rings is 1. The fourth-order valence-corrected chi connectivity index (χ4v) is 4.82. The molecule has 2 aromatic heterocycles. The molecule has 10 nitrogen and oxygen atoms in total. The van der Waals surface area contributed by atoms with Gasteiger partial charge >= 0.3 is 5.63 Å². The number of thiazole rings is 1. The number of amides is 1. The van der Waals surface area contributed by atoms with Crippen LogP contribution in [0.1, 0.15) is 15.4 Å². The summed E-state index contributed by atoms with van der Waals surface area (Å²) < 4.78 is 35.4. The predicted molar refractivity (Wildman–Crippen MR) is 110 cm³/mol. The Hall–Kier alpha value is -2.80. The van der Waals surface area contributed by atoms with Crippen LogP contribution in [0.2, 0.25) is 0 Å². The molecule has 3 aromatic rings. The lowest BCUT2D eigenvalue weighted by Crippen LogP contribution is -2.41. The number of fused-ring (bicyclic) bond motifs is 1. The first-order valence-electron chi connectivity index (χ1n) is 9.00. The fraction of sp³-hybridized carbons (Fsp3) is 0.278. The number of hydrogen-bond acceptors (Lipinski definition) is 9. The number of carbonyl (C=O) groups is 1. The van der Waals surface area contributed by atoms with Gasteiger partial charge in [0.1, 0.15) is 10.5 Å². The van der Waals surface area contributed by atoms with Crippen LogP contribution in [-0.4, -0.2) is 45.6 Å². The molecule has 30 heavy (non-hydrogen) atoms. The van der Waals surface area contributed by atoms with Gasteiger partial charge in [0.05, 0.1) is 23.8 Å². The minimum absolute atomic E-state index is 0.0841. The van der Waals surface area contributed by atoms with E-state index in [-0.39, 0.29) is 10.5 Å². The van der Waals surface area contributed by atoms with Gasteiger partial charge in [0, 0.05) is 24.5 Å². The van der Waals surface area contributed by atoms with Crippen molar-refractivity contribution in [3.63, 3.8) is 0 Å². The van der Waals surface area contributed by atoms with Crippen LogP contribution in [0.5, 0.6) is 0 Å². The molecule has 0 spiro atoms. The molecular weight excluding hydrogens is 432 g/mol. The summed E-state index contributed by atoms with van der Waals surface area (Å²) in [7, 11) is -4.04.